The van der Waals surface area contributed by atoms with Gasteiger partial charge in [0.1, 0.15) is 5.60 Å². The standard InChI is InChI=1S/C20H18F3N3O2/c21-20(22,23)16-5-3-14(4-6-16)18(27)26-10-7-19(8-11-26)12-17(25-28-19)15-2-1-9-24-13-15/h1-6,9,13H,7-8,10-12H2. The first-order valence-corrected chi connectivity index (χ1v) is 8.98. The van der Waals surface area contributed by atoms with Crippen molar-refractivity contribution in [1.82, 2.24) is 9.88 Å². The quantitative estimate of drug-likeness (QED) is 0.783. The summed E-state index contributed by atoms with van der Waals surface area (Å²) in [4.78, 5) is 24.1. The maximum absolute atomic E-state index is 12.7. The predicted molar refractivity (Wildman–Crippen MR) is 95.8 cm³/mol. The average molecular weight is 389 g/mol. The second-order valence-electron chi connectivity index (χ2n) is 7.10. The predicted octanol–water partition coefficient (Wildman–Crippen LogP) is 3.90. The van der Waals surface area contributed by atoms with Gasteiger partial charge in [-0.3, -0.25) is 9.78 Å². The summed E-state index contributed by atoms with van der Waals surface area (Å²) in [5, 5.41) is 4.21. The molecule has 0 aliphatic carbocycles. The molecule has 0 bridgehead atoms. The van der Waals surface area contributed by atoms with Crippen molar-refractivity contribution >= 4 is 11.6 Å². The van der Waals surface area contributed by atoms with E-state index in [2.05, 4.69) is 10.1 Å². The molecule has 3 heterocycles. The number of aromatic nitrogens is 1. The number of carbonyl (C=O) groups excluding carboxylic acids is 1. The van der Waals surface area contributed by atoms with Crippen molar-refractivity contribution in [2.75, 3.05) is 13.1 Å². The van der Waals surface area contributed by atoms with Gasteiger partial charge in [-0.2, -0.15) is 13.2 Å². The van der Waals surface area contributed by atoms with Gasteiger partial charge in [-0.1, -0.05) is 5.16 Å². The number of nitrogens with zero attached hydrogens (tertiary/aromatic N) is 3. The highest BCUT2D eigenvalue weighted by Gasteiger charge is 2.43. The number of benzene rings is 1. The molecule has 1 spiro atoms. The molecule has 28 heavy (non-hydrogen) atoms. The van der Waals surface area contributed by atoms with Crippen LogP contribution in [0.15, 0.2) is 53.9 Å². The molecule has 0 unspecified atom stereocenters. The van der Waals surface area contributed by atoms with Crippen molar-refractivity contribution in [2.45, 2.75) is 31.0 Å². The summed E-state index contributed by atoms with van der Waals surface area (Å²) in [6, 6.07) is 8.10. The third-order valence-corrected chi connectivity index (χ3v) is 5.25. The van der Waals surface area contributed by atoms with Crippen LogP contribution in [0.3, 0.4) is 0 Å². The SMILES string of the molecule is O=C(c1ccc(C(F)(F)F)cc1)N1CCC2(CC1)CC(c1cccnc1)=NO2. The Morgan fingerprint density at radius 1 is 1.11 bits per heavy atom. The Labute approximate surface area is 159 Å². The summed E-state index contributed by atoms with van der Waals surface area (Å²) in [6.07, 6.45) is 0.913. The lowest BCUT2D eigenvalue weighted by atomic mass is 9.85. The monoisotopic (exact) mass is 389 g/mol. The van der Waals surface area contributed by atoms with Gasteiger partial charge in [0.15, 0.2) is 0 Å². The van der Waals surface area contributed by atoms with Crippen molar-refractivity contribution in [3.05, 3.63) is 65.5 Å². The normalized spacial score (nSPS) is 18.7. The summed E-state index contributed by atoms with van der Waals surface area (Å²) in [5.74, 6) is -0.269. The first-order valence-electron chi connectivity index (χ1n) is 8.98. The maximum atomic E-state index is 12.7. The van der Waals surface area contributed by atoms with E-state index in [1.165, 1.54) is 12.1 Å². The zero-order chi connectivity index (χ0) is 19.8. The van der Waals surface area contributed by atoms with Crippen LogP contribution >= 0.6 is 0 Å². The smallest absolute Gasteiger partial charge is 0.388 e. The van der Waals surface area contributed by atoms with Crippen molar-refractivity contribution in [1.29, 1.82) is 0 Å². The van der Waals surface area contributed by atoms with Crippen LogP contribution in [0.5, 0.6) is 0 Å². The summed E-state index contributed by atoms with van der Waals surface area (Å²) in [5.41, 5.74) is 0.824. The molecule has 2 aliphatic rings. The first kappa shape index (κ1) is 18.5. The minimum Gasteiger partial charge on any atom is -0.388 e. The topological polar surface area (TPSA) is 54.8 Å². The molecule has 2 aromatic rings. The van der Waals surface area contributed by atoms with Gasteiger partial charge in [-0.25, -0.2) is 0 Å². The van der Waals surface area contributed by atoms with E-state index in [4.69, 9.17) is 4.84 Å². The molecule has 2 aliphatic heterocycles. The van der Waals surface area contributed by atoms with E-state index in [9.17, 15) is 18.0 Å². The van der Waals surface area contributed by atoms with Crippen molar-refractivity contribution in [3.63, 3.8) is 0 Å². The number of halogens is 3. The Bertz CT molecular complexity index is 887. The van der Waals surface area contributed by atoms with Gasteiger partial charge in [0, 0.05) is 55.9 Å². The molecule has 8 heteroatoms. The number of piperidine rings is 1. The fourth-order valence-electron chi connectivity index (χ4n) is 3.58. The number of amides is 1. The number of hydrogen-bond acceptors (Lipinski definition) is 4. The molecule has 1 aromatic carbocycles. The third kappa shape index (κ3) is 3.58. The van der Waals surface area contributed by atoms with Crippen molar-refractivity contribution in [3.8, 4) is 0 Å². The van der Waals surface area contributed by atoms with Gasteiger partial charge < -0.3 is 9.74 Å². The fraction of sp³-hybridized carbons (Fsp3) is 0.350. The lowest BCUT2D eigenvalue weighted by Crippen LogP contribution is -2.46. The Balaban J connectivity index is 1.37. The summed E-state index contributed by atoms with van der Waals surface area (Å²) < 4.78 is 38.0. The molecular weight excluding hydrogens is 371 g/mol. The molecule has 0 N–H and O–H groups in total. The Hall–Kier alpha value is -2.90. The molecule has 1 amide bonds. The highest BCUT2D eigenvalue weighted by atomic mass is 19.4. The van der Waals surface area contributed by atoms with Crippen molar-refractivity contribution in [2.24, 2.45) is 5.16 Å². The number of pyridine rings is 1. The molecule has 1 fully saturated rings. The summed E-state index contributed by atoms with van der Waals surface area (Å²) in [6.45, 7) is 0.936. The van der Waals surface area contributed by atoms with Crippen LogP contribution in [-0.2, 0) is 11.0 Å². The molecule has 1 aromatic heterocycles. The van der Waals surface area contributed by atoms with Crippen LogP contribution in [0, 0.1) is 0 Å². The van der Waals surface area contributed by atoms with Gasteiger partial charge in [-0.05, 0) is 36.4 Å². The van der Waals surface area contributed by atoms with E-state index in [1.54, 1.807) is 17.3 Å². The molecular formula is C20H18F3N3O2. The van der Waals surface area contributed by atoms with Crippen LogP contribution in [0.25, 0.3) is 0 Å². The van der Waals surface area contributed by atoms with E-state index in [0.717, 1.165) is 23.4 Å². The molecule has 146 valence electrons. The lowest BCUT2D eigenvalue weighted by Gasteiger charge is -2.37. The Kier molecular flexibility index (Phi) is 4.56. The van der Waals surface area contributed by atoms with Crippen LogP contribution in [0.1, 0.15) is 40.7 Å². The van der Waals surface area contributed by atoms with Crippen molar-refractivity contribution < 1.29 is 22.8 Å². The number of oxime groups is 1. The van der Waals surface area contributed by atoms with Gasteiger partial charge in [0.2, 0.25) is 0 Å². The Morgan fingerprint density at radius 2 is 1.82 bits per heavy atom. The van der Waals surface area contributed by atoms with Crippen LogP contribution in [0.2, 0.25) is 0 Å². The number of hydrogen-bond donors (Lipinski definition) is 0. The van der Waals surface area contributed by atoms with Crippen LogP contribution in [-0.4, -0.2) is 40.2 Å². The average Bonchev–Trinajstić information content (AvgIpc) is 3.12. The van der Waals surface area contributed by atoms with E-state index >= 15 is 0 Å². The van der Waals surface area contributed by atoms with E-state index in [1.807, 2.05) is 12.1 Å². The lowest BCUT2D eigenvalue weighted by molar-refractivity contribution is -0.137. The minimum atomic E-state index is -4.41. The highest BCUT2D eigenvalue weighted by molar-refractivity contribution is 6.01. The third-order valence-electron chi connectivity index (χ3n) is 5.25. The number of carbonyl (C=O) groups is 1. The van der Waals surface area contributed by atoms with Gasteiger partial charge in [0.05, 0.1) is 11.3 Å². The van der Waals surface area contributed by atoms with E-state index in [-0.39, 0.29) is 11.5 Å². The number of rotatable bonds is 2. The summed E-state index contributed by atoms with van der Waals surface area (Å²) in [7, 11) is 0. The zero-order valence-electron chi connectivity index (χ0n) is 14.9. The summed E-state index contributed by atoms with van der Waals surface area (Å²) >= 11 is 0. The number of alkyl halides is 3. The second-order valence-corrected chi connectivity index (χ2v) is 7.10. The first-order chi connectivity index (χ1) is 13.4. The van der Waals surface area contributed by atoms with Gasteiger partial charge in [-0.15, -0.1) is 0 Å². The van der Waals surface area contributed by atoms with E-state index < -0.39 is 17.3 Å². The molecule has 5 nitrogen and oxygen atoms in total. The van der Waals surface area contributed by atoms with Gasteiger partial charge in [0.25, 0.3) is 5.91 Å². The van der Waals surface area contributed by atoms with Crippen LogP contribution < -0.4 is 0 Å². The Morgan fingerprint density at radius 3 is 2.43 bits per heavy atom. The maximum Gasteiger partial charge on any atom is 0.416 e. The molecule has 0 atom stereocenters. The van der Waals surface area contributed by atoms with Crippen LogP contribution in [0.4, 0.5) is 13.2 Å². The van der Waals surface area contributed by atoms with Gasteiger partial charge >= 0.3 is 6.18 Å². The zero-order valence-corrected chi connectivity index (χ0v) is 14.9. The molecule has 1 saturated heterocycles. The largest absolute Gasteiger partial charge is 0.416 e. The fourth-order valence-corrected chi connectivity index (χ4v) is 3.58. The second kappa shape index (κ2) is 6.92. The molecule has 0 saturated carbocycles. The number of likely N-dealkylation sites (tertiary alicyclic amines) is 1. The molecule has 4 rings (SSSR count). The van der Waals surface area contributed by atoms with E-state index in [0.29, 0.717) is 32.4 Å². The minimum absolute atomic E-state index is 0.253. The highest BCUT2D eigenvalue weighted by Crippen LogP contribution is 2.36. The molecule has 0 radical (unpaired) electrons.